The summed E-state index contributed by atoms with van der Waals surface area (Å²) < 4.78 is 28.5. The molecule has 1 aromatic heterocycles. The van der Waals surface area contributed by atoms with E-state index in [0.29, 0.717) is 24.8 Å². The molecule has 2 aromatic carbocycles. The molecule has 1 fully saturated rings. The van der Waals surface area contributed by atoms with Gasteiger partial charge in [0.05, 0.1) is 16.8 Å². The first-order valence-corrected chi connectivity index (χ1v) is 13.5. The van der Waals surface area contributed by atoms with Gasteiger partial charge >= 0.3 is 5.97 Å². The Hall–Kier alpha value is -3.39. The smallest absolute Gasteiger partial charge is 0.339 e. The van der Waals surface area contributed by atoms with E-state index >= 15 is 0 Å². The lowest BCUT2D eigenvalue weighted by Crippen LogP contribution is -2.25. The third kappa shape index (κ3) is 6.00. The van der Waals surface area contributed by atoms with E-state index in [1.807, 2.05) is 54.3 Å². The van der Waals surface area contributed by atoms with E-state index in [1.54, 1.807) is 12.1 Å². The highest BCUT2D eigenvalue weighted by Gasteiger charge is 2.22. The van der Waals surface area contributed by atoms with Gasteiger partial charge in [-0.15, -0.1) is 0 Å². The van der Waals surface area contributed by atoms with Gasteiger partial charge in [-0.3, -0.25) is 4.72 Å². The van der Waals surface area contributed by atoms with Gasteiger partial charge in [-0.05, 0) is 55.0 Å². The molecule has 0 unspecified atom stereocenters. The van der Waals surface area contributed by atoms with E-state index in [9.17, 15) is 18.3 Å². The number of aromatic nitrogens is 1. The van der Waals surface area contributed by atoms with Crippen LogP contribution in [0.5, 0.6) is 0 Å². The molecule has 4 rings (SSSR count). The van der Waals surface area contributed by atoms with E-state index in [-0.39, 0.29) is 16.1 Å². The minimum atomic E-state index is -3.89. The maximum absolute atomic E-state index is 13.0. The fourth-order valence-corrected chi connectivity index (χ4v) is 5.67. The van der Waals surface area contributed by atoms with Crippen molar-refractivity contribution in [1.29, 1.82) is 0 Å². The maximum atomic E-state index is 13.0. The third-order valence-corrected chi connectivity index (χ3v) is 7.91. The van der Waals surface area contributed by atoms with Crippen molar-refractivity contribution in [3.8, 4) is 0 Å². The van der Waals surface area contributed by atoms with Crippen LogP contribution < -0.4 is 9.62 Å². The Labute approximate surface area is 206 Å². The molecule has 0 radical (unpaired) electrons. The molecule has 0 spiro atoms. The molecule has 35 heavy (non-hydrogen) atoms. The number of carbonyl (C=O) groups is 1. The van der Waals surface area contributed by atoms with Crippen LogP contribution in [-0.2, 0) is 16.6 Å². The Morgan fingerprint density at radius 1 is 1.06 bits per heavy atom. The molecule has 0 saturated heterocycles. The largest absolute Gasteiger partial charge is 0.478 e. The standard InChI is InChI=1S/C27H31N3O4S/c1-2-30(19-20-9-5-3-6-10-20)26-25(27(31)32)17-23(18-28-26)29-35(33,34)24-15-13-22(14-16-24)21-11-7-4-8-12-21/h3,5-6,9-10,13-18,21,29H,2,4,7-8,11-12,19H2,1H3,(H,31,32). The highest BCUT2D eigenvalue weighted by molar-refractivity contribution is 7.92. The first-order chi connectivity index (χ1) is 16.9. The monoisotopic (exact) mass is 493 g/mol. The van der Waals surface area contributed by atoms with Crippen molar-refractivity contribution in [2.75, 3.05) is 16.2 Å². The number of benzene rings is 2. The molecular formula is C27H31N3O4S. The van der Waals surface area contributed by atoms with Gasteiger partial charge in [-0.2, -0.15) is 0 Å². The molecule has 1 saturated carbocycles. The minimum Gasteiger partial charge on any atom is -0.478 e. The second-order valence-corrected chi connectivity index (χ2v) is 10.6. The fourth-order valence-electron chi connectivity index (χ4n) is 4.63. The lowest BCUT2D eigenvalue weighted by atomic mass is 9.84. The number of nitrogens with one attached hydrogen (secondary N) is 1. The summed E-state index contributed by atoms with van der Waals surface area (Å²) in [6.45, 7) is 2.95. The number of sulfonamides is 1. The predicted molar refractivity (Wildman–Crippen MR) is 137 cm³/mol. The number of hydrogen-bond acceptors (Lipinski definition) is 5. The molecule has 0 aliphatic heterocycles. The number of carboxylic acids is 1. The number of aromatic carboxylic acids is 1. The average molecular weight is 494 g/mol. The molecule has 1 aliphatic carbocycles. The Morgan fingerprint density at radius 2 is 1.74 bits per heavy atom. The van der Waals surface area contributed by atoms with Gasteiger partial charge < -0.3 is 10.0 Å². The van der Waals surface area contributed by atoms with Crippen LogP contribution in [0.1, 0.15) is 66.4 Å². The van der Waals surface area contributed by atoms with Crippen molar-refractivity contribution < 1.29 is 18.3 Å². The van der Waals surface area contributed by atoms with E-state index in [0.717, 1.165) is 18.4 Å². The van der Waals surface area contributed by atoms with E-state index in [4.69, 9.17) is 0 Å². The van der Waals surface area contributed by atoms with Crippen LogP contribution in [0.15, 0.2) is 71.8 Å². The van der Waals surface area contributed by atoms with Gasteiger partial charge in [0, 0.05) is 13.1 Å². The molecular weight excluding hydrogens is 462 g/mol. The zero-order chi connectivity index (χ0) is 24.8. The molecule has 2 N–H and O–H groups in total. The van der Waals surface area contributed by atoms with E-state index < -0.39 is 16.0 Å². The fraction of sp³-hybridized carbons (Fsp3) is 0.333. The van der Waals surface area contributed by atoms with Gasteiger partial charge in [-0.25, -0.2) is 18.2 Å². The number of hydrogen-bond donors (Lipinski definition) is 2. The van der Waals surface area contributed by atoms with Crippen LogP contribution in [0.4, 0.5) is 11.5 Å². The number of rotatable bonds is 9. The summed E-state index contributed by atoms with van der Waals surface area (Å²) in [6.07, 6.45) is 7.33. The van der Waals surface area contributed by atoms with Gasteiger partial charge in [0.1, 0.15) is 11.4 Å². The molecule has 0 bridgehead atoms. The summed E-state index contributed by atoms with van der Waals surface area (Å²) in [4.78, 5) is 18.3. The van der Waals surface area contributed by atoms with Crippen molar-refractivity contribution in [2.24, 2.45) is 0 Å². The Balaban J connectivity index is 1.54. The van der Waals surface area contributed by atoms with Crippen LogP contribution in [0, 0.1) is 0 Å². The number of nitrogens with zero attached hydrogens (tertiary/aromatic N) is 2. The Bertz CT molecular complexity index is 1260. The quantitative estimate of drug-likeness (QED) is 0.399. The van der Waals surface area contributed by atoms with Crippen molar-refractivity contribution in [3.05, 3.63) is 83.6 Å². The normalized spacial score (nSPS) is 14.4. The van der Waals surface area contributed by atoms with Crippen molar-refractivity contribution in [1.82, 2.24) is 4.98 Å². The molecule has 1 heterocycles. The average Bonchev–Trinajstić information content (AvgIpc) is 2.88. The molecule has 0 amide bonds. The third-order valence-electron chi connectivity index (χ3n) is 6.51. The minimum absolute atomic E-state index is 0.0596. The van der Waals surface area contributed by atoms with Crippen LogP contribution in [-0.4, -0.2) is 31.0 Å². The summed E-state index contributed by atoms with van der Waals surface area (Å²) in [5.41, 5.74) is 2.24. The number of anilines is 2. The zero-order valence-electron chi connectivity index (χ0n) is 19.9. The van der Waals surface area contributed by atoms with Crippen molar-refractivity contribution >= 4 is 27.5 Å². The number of pyridine rings is 1. The summed E-state index contributed by atoms with van der Waals surface area (Å²) in [5.74, 6) is -0.388. The van der Waals surface area contributed by atoms with Gasteiger partial charge in [0.25, 0.3) is 10.0 Å². The summed E-state index contributed by atoms with van der Waals surface area (Å²) in [5, 5.41) is 9.83. The lowest BCUT2D eigenvalue weighted by Gasteiger charge is -2.24. The topological polar surface area (TPSA) is 99.6 Å². The number of carboxylic acid groups (broad SMARTS) is 1. The molecule has 8 heteroatoms. The van der Waals surface area contributed by atoms with Crippen molar-refractivity contribution in [3.63, 3.8) is 0 Å². The highest BCUT2D eigenvalue weighted by atomic mass is 32.2. The molecule has 0 atom stereocenters. The van der Waals surface area contributed by atoms with Crippen LogP contribution in [0.3, 0.4) is 0 Å². The first-order valence-electron chi connectivity index (χ1n) is 12.0. The summed E-state index contributed by atoms with van der Waals surface area (Å²) in [6, 6.07) is 18.0. The first kappa shape index (κ1) is 24.7. The molecule has 3 aromatic rings. The van der Waals surface area contributed by atoms with Gasteiger partial charge in [0.2, 0.25) is 0 Å². The van der Waals surface area contributed by atoms with E-state index in [1.165, 1.54) is 37.1 Å². The maximum Gasteiger partial charge on any atom is 0.339 e. The van der Waals surface area contributed by atoms with Gasteiger partial charge in [0.15, 0.2) is 0 Å². The highest BCUT2D eigenvalue weighted by Crippen LogP contribution is 2.33. The predicted octanol–water partition coefficient (Wildman–Crippen LogP) is 5.65. The van der Waals surface area contributed by atoms with Crippen LogP contribution in [0.25, 0.3) is 0 Å². The SMILES string of the molecule is CCN(Cc1ccccc1)c1ncc(NS(=O)(=O)c2ccc(C3CCCCC3)cc2)cc1C(=O)O. The van der Waals surface area contributed by atoms with Crippen molar-refractivity contribution in [2.45, 2.75) is 56.4 Å². The summed E-state index contributed by atoms with van der Waals surface area (Å²) >= 11 is 0. The van der Waals surface area contributed by atoms with Crippen LogP contribution >= 0.6 is 0 Å². The second kappa shape index (κ2) is 10.9. The molecule has 1 aliphatic rings. The van der Waals surface area contributed by atoms with Gasteiger partial charge in [-0.1, -0.05) is 61.7 Å². The summed E-state index contributed by atoms with van der Waals surface area (Å²) in [7, 11) is -3.89. The lowest BCUT2D eigenvalue weighted by molar-refractivity contribution is 0.0697. The zero-order valence-corrected chi connectivity index (χ0v) is 20.7. The molecule has 7 nitrogen and oxygen atoms in total. The molecule has 184 valence electrons. The van der Waals surface area contributed by atoms with E-state index in [2.05, 4.69) is 9.71 Å². The Kier molecular flexibility index (Phi) is 7.70. The van der Waals surface area contributed by atoms with Crippen LogP contribution in [0.2, 0.25) is 0 Å². The second-order valence-electron chi connectivity index (χ2n) is 8.91. The Morgan fingerprint density at radius 3 is 2.37 bits per heavy atom.